The Morgan fingerprint density at radius 1 is 1.30 bits per heavy atom. The molecule has 0 aliphatic heterocycles. The number of rotatable bonds is 11. The summed E-state index contributed by atoms with van der Waals surface area (Å²) in [7, 11) is 1.78. The van der Waals surface area contributed by atoms with Crippen molar-refractivity contribution in [3.05, 3.63) is 21.9 Å². The fourth-order valence-corrected chi connectivity index (χ4v) is 3.38. The van der Waals surface area contributed by atoms with Gasteiger partial charge in [0.05, 0.1) is 6.61 Å². The van der Waals surface area contributed by atoms with E-state index >= 15 is 0 Å². The number of hydrogen-bond donors (Lipinski definition) is 1. The predicted molar refractivity (Wildman–Crippen MR) is 88.6 cm³/mol. The van der Waals surface area contributed by atoms with Gasteiger partial charge in [-0.3, -0.25) is 4.90 Å². The summed E-state index contributed by atoms with van der Waals surface area (Å²) in [6.45, 7) is 11.7. The normalized spacial score (nSPS) is 11.7. The van der Waals surface area contributed by atoms with Crippen molar-refractivity contribution in [1.82, 2.24) is 10.2 Å². The fraction of sp³-hybridized carbons (Fsp3) is 0.750. The van der Waals surface area contributed by atoms with Crippen molar-refractivity contribution in [2.75, 3.05) is 33.4 Å². The quantitative estimate of drug-likeness (QED) is 0.635. The maximum atomic E-state index is 5.23. The van der Waals surface area contributed by atoms with Crippen molar-refractivity contribution < 1.29 is 4.74 Å². The second-order valence-corrected chi connectivity index (χ2v) is 6.20. The molecule has 4 heteroatoms. The molecule has 0 unspecified atom stereocenters. The number of methoxy groups -OCH3 is 1. The van der Waals surface area contributed by atoms with E-state index in [1.54, 1.807) is 7.11 Å². The van der Waals surface area contributed by atoms with E-state index in [9.17, 15) is 0 Å². The Morgan fingerprint density at radius 3 is 2.60 bits per heavy atom. The van der Waals surface area contributed by atoms with Crippen LogP contribution in [0.1, 0.15) is 37.1 Å². The minimum Gasteiger partial charge on any atom is -0.383 e. The lowest BCUT2D eigenvalue weighted by Crippen LogP contribution is -2.41. The monoisotopic (exact) mass is 298 g/mol. The SMILES string of the molecule is CCC(CC)N(CCNCc1sccc1C)CCOC. The molecule has 3 nitrogen and oxygen atoms in total. The first-order chi connectivity index (χ1) is 9.72. The van der Waals surface area contributed by atoms with Crippen molar-refractivity contribution in [3.63, 3.8) is 0 Å². The molecule has 1 aromatic rings. The van der Waals surface area contributed by atoms with Gasteiger partial charge in [0.25, 0.3) is 0 Å². The van der Waals surface area contributed by atoms with E-state index < -0.39 is 0 Å². The lowest BCUT2D eigenvalue weighted by molar-refractivity contribution is 0.116. The van der Waals surface area contributed by atoms with Gasteiger partial charge in [-0.1, -0.05) is 13.8 Å². The van der Waals surface area contributed by atoms with Crippen LogP contribution in [0.2, 0.25) is 0 Å². The zero-order valence-corrected chi connectivity index (χ0v) is 14.3. The molecular formula is C16H30N2OS. The predicted octanol–water partition coefficient (Wildman–Crippen LogP) is 3.28. The van der Waals surface area contributed by atoms with Crippen molar-refractivity contribution >= 4 is 11.3 Å². The van der Waals surface area contributed by atoms with Crippen LogP contribution in [0.3, 0.4) is 0 Å². The van der Waals surface area contributed by atoms with Gasteiger partial charge in [-0.15, -0.1) is 11.3 Å². The molecule has 0 aliphatic carbocycles. The molecule has 0 bridgehead atoms. The second-order valence-electron chi connectivity index (χ2n) is 5.20. The summed E-state index contributed by atoms with van der Waals surface area (Å²) in [6, 6.07) is 2.87. The molecule has 0 fully saturated rings. The molecule has 116 valence electrons. The van der Waals surface area contributed by atoms with Crippen LogP contribution in [0.15, 0.2) is 11.4 Å². The van der Waals surface area contributed by atoms with Gasteiger partial charge in [0, 0.05) is 44.2 Å². The molecule has 1 N–H and O–H groups in total. The highest BCUT2D eigenvalue weighted by Crippen LogP contribution is 2.14. The Hall–Kier alpha value is -0.420. The van der Waals surface area contributed by atoms with Gasteiger partial charge in [0.2, 0.25) is 0 Å². The third kappa shape index (κ3) is 5.92. The maximum Gasteiger partial charge on any atom is 0.0589 e. The topological polar surface area (TPSA) is 24.5 Å². The Morgan fingerprint density at radius 2 is 2.05 bits per heavy atom. The van der Waals surface area contributed by atoms with Gasteiger partial charge in [-0.2, -0.15) is 0 Å². The van der Waals surface area contributed by atoms with E-state index in [0.717, 1.165) is 32.8 Å². The van der Waals surface area contributed by atoms with Gasteiger partial charge in [0.15, 0.2) is 0 Å². The first kappa shape index (κ1) is 17.6. The van der Waals surface area contributed by atoms with Gasteiger partial charge in [-0.05, 0) is 36.8 Å². The summed E-state index contributed by atoms with van der Waals surface area (Å²) in [5.74, 6) is 0. The number of nitrogens with one attached hydrogen (secondary N) is 1. The minimum atomic E-state index is 0.676. The van der Waals surface area contributed by atoms with Crippen LogP contribution in [0.4, 0.5) is 0 Å². The maximum absolute atomic E-state index is 5.23. The molecule has 0 saturated carbocycles. The average Bonchev–Trinajstić information content (AvgIpc) is 2.86. The smallest absolute Gasteiger partial charge is 0.0589 e. The van der Waals surface area contributed by atoms with Crippen molar-refractivity contribution in [2.45, 2.75) is 46.2 Å². The fourth-order valence-electron chi connectivity index (χ4n) is 2.50. The third-order valence-corrected chi connectivity index (χ3v) is 4.89. The first-order valence-electron chi connectivity index (χ1n) is 7.69. The summed E-state index contributed by atoms with van der Waals surface area (Å²) < 4.78 is 5.23. The van der Waals surface area contributed by atoms with Gasteiger partial charge < -0.3 is 10.1 Å². The van der Waals surface area contributed by atoms with Crippen molar-refractivity contribution in [2.24, 2.45) is 0 Å². The van der Waals surface area contributed by atoms with E-state index in [1.807, 2.05) is 11.3 Å². The summed E-state index contributed by atoms with van der Waals surface area (Å²) in [4.78, 5) is 4.01. The molecule has 0 amide bonds. The van der Waals surface area contributed by atoms with Crippen LogP contribution in [0.25, 0.3) is 0 Å². The average molecular weight is 298 g/mol. The minimum absolute atomic E-state index is 0.676. The summed E-state index contributed by atoms with van der Waals surface area (Å²) in [5, 5.41) is 5.73. The molecule has 0 aliphatic rings. The van der Waals surface area contributed by atoms with E-state index in [-0.39, 0.29) is 0 Å². The summed E-state index contributed by atoms with van der Waals surface area (Å²) >= 11 is 1.84. The molecule has 1 rings (SSSR count). The standard InChI is InChI=1S/C16H30N2OS/c1-5-15(6-2)18(10-11-19-4)9-8-17-13-16-14(3)7-12-20-16/h7,12,15,17H,5-6,8-11,13H2,1-4H3. The van der Waals surface area contributed by atoms with Gasteiger partial charge >= 0.3 is 0 Å². The summed E-state index contributed by atoms with van der Waals surface area (Å²) in [5.41, 5.74) is 1.40. The van der Waals surface area contributed by atoms with E-state index in [0.29, 0.717) is 6.04 Å². The van der Waals surface area contributed by atoms with Crippen LogP contribution < -0.4 is 5.32 Å². The lowest BCUT2D eigenvalue weighted by Gasteiger charge is -2.30. The number of hydrogen-bond acceptors (Lipinski definition) is 4. The number of thiophene rings is 1. The highest BCUT2D eigenvalue weighted by Gasteiger charge is 2.14. The van der Waals surface area contributed by atoms with Crippen LogP contribution in [0.5, 0.6) is 0 Å². The van der Waals surface area contributed by atoms with Crippen LogP contribution in [0, 0.1) is 6.92 Å². The van der Waals surface area contributed by atoms with Crippen molar-refractivity contribution in [3.8, 4) is 0 Å². The van der Waals surface area contributed by atoms with Crippen molar-refractivity contribution in [1.29, 1.82) is 0 Å². The number of nitrogens with zero attached hydrogens (tertiary/aromatic N) is 1. The highest BCUT2D eigenvalue weighted by atomic mass is 32.1. The Labute approximate surface area is 128 Å². The molecule has 0 aromatic carbocycles. The number of aryl methyl sites for hydroxylation is 1. The molecule has 0 saturated heterocycles. The van der Waals surface area contributed by atoms with Gasteiger partial charge in [0.1, 0.15) is 0 Å². The Balaban J connectivity index is 2.32. The zero-order chi connectivity index (χ0) is 14.8. The molecule has 1 aromatic heterocycles. The van der Waals surface area contributed by atoms with Crippen LogP contribution in [-0.2, 0) is 11.3 Å². The molecular weight excluding hydrogens is 268 g/mol. The molecule has 1 heterocycles. The molecule has 0 atom stereocenters. The van der Waals surface area contributed by atoms with Crippen LogP contribution in [-0.4, -0.2) is 44.3 Å². The first-order valence-corrected chi connectivity index (χ1v) is 8.57. The largest absolute Gasteiger partial charge is 0.383 e. The highest BCUT2D eigenvalue weighted by molar-refractivity contribution is 7.10. The number of ether oxygens (including phenoxy) is 1. The summed E-state index contributed by atoms with van der Waals surface area (Å²) in [6.07, 6.45) is 2.43. The van der Waals surface area contributed by atoms with Crippen LogP contribution >= 0.6 is 11.3 Å². The van der Waals surface area contributed by atoms with Gasteiger partial charge in [-0.25, -0.2) is 0 Å². The Bertz CT molecular complexity index is 350. The third-order valence-electron chi connectivity index (χ3n) is 3.87. The van der Waals surface area contributed by atoms with E-state index in [4.69, 9.17) is 4.74 Å². The molecule has 0 spiro atoms. The molecule has 20 heavy (non-hydrogen) atoms. The lowest BCUT2D eigenvalue weighted by atomic mass is 10.1. The Kier molecular flexibility index (Phi) is 9.10. The molecule has 0 radical (unpaired) electrons. The van der Waals surface area contributed by atoms with E-state index in [1.165, 1.54) is 23.3 Å². The van der Waals surface area contributed by atoms with E-state index in [2.05, 4.69) is 42.4 Å². The second kappa shape index (κ2) is 10.3. The zero-order valence-electron chi connectivity index (χ0n) is 13.4.